The molecule has 3 rings (SSSR count). The normalized spacial score (nSPS) is 12.2. The summed E-state index contributed by atoms with van der Waals surface area (Å²) in [6, 6.07) is 16.0. The SMILES string of the molecule is CC(C)(C)c1cccc(-c2ccc(-c3cccc(C(C)(C)C)n3)nn2)n1. The quantitative estimate of drug-likeness (QED) is 0.640. The van der Waals surface area contributed by atoms with Crippen molar-refractivity contribution in [1.82, 2.24) is 20.2 Å². The van der Waals surface area contributed by atoms with Gasteiger partial charge in [0.05, 0.1) is 11.4 Å². The Kier molecular flexibility index (Phi) is 4.61. The van der Waals surface area contributed by atoms with E-state index in [1.807, 2.05) is 48.5 Å². The molecule has 3 aromatic heterocycles. The van der Waals surface area contributed by atoms with Gasteiger partial charge in [0, 0.05) is 22.2 Å². The van der Waals surface area contributed by atoms with Crippen LogP contribution in [0.1, 0.15) is 52.9 Å². The van der Waals surface area contributed by atoms with Crippen LogP contribution in [0.15, 0.2) is 48.5 Å². The molecule has 0 radical (unpaired) electrons. The van der Waals surface area contributed by atoms with Crippen molar-refractivity contribution < 1.29 is 0 Å². The molecule has 0 saturated heterocycles. The molecule has 3 heterocycles. The van der Waals surface area contributed by atoms with Gasteiger partial charge < -0.3 is 0 Å². The molecule has 0 saturated carbocycles. The lowest BCUT2D eigenvalue weighted by Crippen LogP contribution is -2.14. The van der Waals surface area contributed by atoms with Gasteiger partial charge in [-0.2, -0.15) is 0 Å². The molecule has 4 nitrogen and oxygen atoms in total. The average Bonchev–Trinajstić information content (AvgIpc) is 2.61. The highest BCUT2D eigenvalue weighted by Gasteiger charge is 2.17. The zero-order chi connectivity index (χ0) is 18.9. The summed E-state index contributed by atoms with van der Waals surface area (Å²) in [6.45, 7) is 12.9. The third kappa shape index (κ3) is 3.96. The summed E-state index contributed by atoms with van der Waals surface area (Å²) in [5.41, 5.74) is 5.31. The lowest BCUT2D eigenvalue weighted by atomic mass is 9.91. The third-order valence-electron chi connectivity index (χ3n) is 4.22. The van der Waals surface area contributed by atoms with Gasteiger partial charge in [0.25, 0.3) is 0 Å². The molecular weight excluding hydrogens is 320 g/mol. The van der Waals surface area contributed by atoms with E-state index in [4.69, 9.17) is 9.97 Å². The van der Waals surface area contributed by atoms with Gasteiger partial charge >= 0.3 is 0 Å². The Bertz CT molecular complexity index is 824. The van der Waals surface area contributed by atoms with E-state index in [2.05, 4.69) is 51.7 Å². The standard InChI is InChI=1S/C22H26N4/c1-21(2,3)19-11-7-9-15(23-19)17-13-14-18(26-25-17)16-10-8-12-20(24-16)22(4,5)6/h7-14H,1-6H3. The van der Waals surface area contributed by atoms with Crippen LogP contribution in [0.3, 0.4) is 0 Å². The maximum atomic E-state index is 4.74. The fraction of sp³-hybridized carbons (Fsp3) is 0.364. The molecule has 0 amide bonds. The van der Waals surface area contributed by atoms with Crippen LogP contribution in [0.2, 0.25) is 0 Å². The number of hydrogen-bond acceptors (Lipinski definition) is 4. The fourth-order valence-corrected chi connectivity index (χ4v) is 2.60. The van der Waals surface area contributed by atoms with Gasteiger partial charge in [0.2, 0.25) is 0 Å². The second-order valence-corrected chi connectivity index (χ2v) is 8.62. The summed E-state index contributed by atoms with van der Waals surface area (Å²) in [5, 5.41) is 8.78. The minimum atomic E-state index is 0.000689. The van der Waals surface area contributed by atoms with Crippen LogP contribution in [-0.2, 0) is 10.8 Å². The first-order valence-corrected chi connectivity index (χ1v) is 8.94. The summed E-state index contributed by atoms with van der Waals surface area (Å²) < 4.78 is 0. The Morgan fingerprint density at radius 2 is 0.885 bits per heavy atom. The predicted molar refractivity (Wildman–Crippen MR) is 106 cm³/mol. The number of nitrogens with zero attached hydrogens (tertiary/aromatic N) is 4. The van der Waals surface area contributed by atoms with E-state index in [0.29, 0.717) is 0 Å². The van der Waals surface area contributed by atoms with E-state index in [0.717, 1.165) is 34.2 Å². The van der Waals surface area contributed by atoms with Crippen LogP contribution in [-0.4, -0.2) is 20.2 Å². The van der Waals surface area contributed by atoms with Gasteiger partial charge in [-0.25, -0.2) is 0 Å². The van der Waals surface area contributed by atoms with Crippen LogP contribution in [0.5, 0.6) is 0 Å². The van der Waals surface area contributed by atoms with E-state index in [-0.39, 0.29) is 10.8 Å². The van der Waals surface area contributed by atoms with Gasteiger partial charge in [-0.1, -0.05) is 53.7 Å². The first kappa shape index (κ1) is 18.2. The van der Waals surface area contributed by atoms with Crippen LogP contribution in [0.4, 0.5) is 0 Å². The first-order chi connectivity index (χ1) is 12.1. The lowest BCUT2D eigenvalue weighted by molar-refractivity contribution is 0.569. The van der Waals surface area contributed by atoms with Gasteiger partial charge in [0.1, 0.15) is 11.4 Å². The molecule has 0 bridgehead atoms. The zero-order valence-corrected chi connectivity index (χ0v) is 16.4. The molecular formula is C22H26N4. The molecule has 0 atom stereocenters. The van der Waals surface area contributed by atoms with E-state index < -0.39 is 0 Å². The third-order valence-corrected chi connectivity index (χ3v) is 4.22. The number of hydrogen-bond donors (Lipinski definition) is 0. The molecule has 3 aromatic rings. The maximum absolute atomic E-state index is 4.74. The van der Waals surface area contributed by atoms with Crippen LogP contribution in [0, 0.1) is 0 Å². The lowest BCUT2D eigenvalue weighted by Gasteiger charge is -2.18. The minimum absolute atomic E-state index is 0.000689. The van der Waals surface area contributed by atoms with Crippen molar-refractivity contribution >= 4 is 0 Å². The molecule has 26 heavy (non-hydrogen) atoms. The Morgan fingerprint density at radius 1 is 0.500 bits per heavy atom. The molecule has 134 valence electrons. The molecule has 0 N–H and O–H groups in total. The first-order valence-electron chi connectivity index (χ1n) is 8.94. The van der Waals surface area contributed by atoms with E-state index in [1.165, 1.54) is 0 Å². The van der Waals surface area contributed by atoms with Gasteiger partial charge in [-0.15, -0.1) is 10.2 Å². The van der Waals surface area contributed by atoms with Crippen molar-refractivity contribution in [2.75, 3.05) is 0 Å². The van der Waals surface area contributed by atoms with Gasteiger partial charge in [0.15, 0.2) is 0 Å². The van der Waals surface area contributed by atoms with E-state index >= 15 is 0 Å². The number of aromatic nitrogens is 4. The number of pyridine rings is 2. The Balaban J connectivity index is 1.93. The molecule has 0 unspecified atom stereocenters. The minimum Gasteiger partial charge on any atom is -0.251 e. The molecule has 0 aliphatic rings. The van der Waals surface area contributed by atoms with Crippen molar-refractivity contribution in [3.05, 3.63) is 59.9 Å². The van der Waals surface area contributed by atoms with Crippen LogP contribution in [0.25, 0.3) is 22.8 Å². The smallest absolute Gasteiger partial charge is 0.111 e. The fourth-order valence-electron chi connectivity index (χ4n) is 2.60. The largest absolute Gasteiger partial charge is 0.251 e. The van der Waals surface area contributed by atoms with E-state index in [9.17, 15) is 0 Å². The Labute approximate surface area is 155 Å². The summed E-state index contributed by atoms with van der Waals surface area (Å²) in [5.74, 6) is 0. The highest BCUT2D eigenvalue weighted by Crippen LogP contribution is 2.25. The van der Waals surface area contributed by atoms with Crippen molar-refractivity contribution in [1.29, 1.82) is 0 Å². The molecule has 4 heteroatoms. The number of rotatable bonds is 2. The van der Waals surface area contributed by atoms with Gasteiger partial charge in [-0.05, 0) is 36.4 Å². The monoisotopic (exact) mass is 346 g/mol. The second kappa shape index (κ2) is 6.60. The van der Waals surface area contributed by atoms with E-state index in [1.54, 1.807) is 0 Å². The average molecular weight is 346 g/mol. The van der Waals surface area contributed by atoms with Crippen LogP contribution < -0.4 is 0 Å². The summed E-state index contributed by atoms with van der Waals surface area (Å²) in [7, 11) is 0. The molecule has 0 spiro atoms. The summed E-state index contributed by atoms with van der Waals surface area (Å²) >= 11 is 0. The molecule has 0 aliphatic carbocycles. The van der Waals surface area contributed by atoms with Crippen molar-refractivity contribution in [2.24, 2.45) is 0 Å². The highest BCUT2D eigenvalue weighted by atomic mass is 15.1. The Hall–Kier alpha value is -2.62. The highest BCUT2D eigenvalue weighted by molar-refractivity contribution is 5.59. The zero-order valence-electron chi connectivity index (χ0n) is 16.4. The molecule has 0 fully saturated rings. The summed E-state index contributed by atoms with van der Waals surface area (Å²) in [4.78, 5) is 9.49. The molecule has 0 aliphatic heterocycles. The molecule has 0 aromatic carbocycles. The van der Waals surface area contributed by atoms with Crippen molar-refractivity contribution in [3.63, 3.8) is 0 Å². The van der Waals surface area contributed by atoms with Crippen molar-refractivity contribution in [3.8, 4) is 22.8 Å². The Morgan fingerprint density at radius 3 is 1.19 bits per heavy atom. The maximum Gasteiger partial charge on any atom is 0.111 e. The topological polar surface area (TPSA) is 51.6 Å². The van der Waals surface area contributed by atoms with Gasteiger partial charge in [-0.3, -0.25) is 9.97 Å². The van der Waals surface area contributed by atoms with Crippen LogP contribution >= 0.6 is 0 Å². The second-order valence-electron chi connectivity index (χ2n) is 8.62. The van der Waals surface area contributed by atoms with Crippen molar-refractivity contribution in [2.45, 2.75) is 52.4 Å². The predicted octanol–water partition coefficient (Wildman–Crippen LogP) is 5.20. The summed E-state index contributed by atoms with van der Waals surface area (Å²) in [6.07, 6.45) is 0.